The molecule has 1 unspecified atom stereocenters. The highest BCUT2D eigenvalue weighted by molar-refractivity contribution is 9.10. The summed E-state index contributed by atoms with van der Waals surface area (Å²) in [5.41, 5.74) is 5.37. The first kappa shape index (κ1) is 13.4. The topological polar surface area (TPSA) is 72.9 Å². The van der Waals surface area contributed by atoms with E-state index in [2.05, 4.69) is 26.3 Å². The fourth-order valence-electron chi connectivity index (χ4n) is 0.746. The Labute approximate surface area is 96.6 Å². The van der Waals surface area contributed by atoms with E-state index in [4.69, 9.17) is 5.73 Å². The smallest absolute Gasteiger partial charge is 0.242 e. The molecule has 0 aromatic carbocycles. The number of amides is 1. The maximum Gasteiger partial charge on any atom is 0.242 e. The first-order chi connectivity index (χ1) is 6.00. The number of hydrogen-bond acceptors (Lipinski definition) is 3. The molecule has 0 radical (unpaired) electrons. The Morgan fingerprint density at radius 1 is 1.79 bits per heavy atom. The van der Waals surface area contributed by atoms with Gasteiger partial charge in [-0.1, -0.05) is 0 Å². The number of hydrogen-bond donors (Lipinski definition) is 2. The summed E-state index contributed by atoms with van der Waals surface area (Å²) in [5, 5.41) is 6.59. The molecule has 5 nitrogen and oxygen atoms in total. The highest BCUT2D eigenvalue weighted by Gasteiger charge is 2.09. The van der Waals surface area contributed by atoms with Crippen LogP contribution >= 0.6 is 28.3 Å². The lowest BCUT2D eigenvalue weighted by Crippen LogP contribution is -2.32. The third-order valence-electron chi connectivity index (χ3n) is 1.49. The third-order valence-corrected chi connectivity index (χ3v) is 2.23. The number of nitrogens with zero attached hydrogens (tertiary/aromatic N) is 2. The Bertz CT molecular complexity index is 306. The zero-order valence-electron chi connectivity index (χ0n) is 7.82. The van der Waals surface area contributed by atoms with Crippen LogP contribution in [-0.2, 0) is 11.8 Å². The number of rotatable bonds is 2. The molecule has 0 saturated heterocycles. The van der Waals surface area contributed by atoms with Crippen molar-refractivity contribution >= 4 is 40.1 Å². The number of anilines is 1. The van der Waals surface area contributed by atoms with Gasteiger partial charge in [0.2, 0.25) is 5.91 Å². The lowest BCUT2D eigenvalue weighted by molar-refractivity contribution is -0.117. The van der Waals surface area contributed by atoms with Crippen molar-refractivity contribution in [3.05, 3.63) is 10.7 Å². The largest absolute Gasteiger partial charge is 0.320 e. The fourth-order valence-corrected chi connectivity index (χ4v) is 1.04. The minimum atomic E-state index is -0.527. The van der Waals surface area contributed by atoms with Gasteiger partial charge in [-0.3, -0.25) is 9.48 Å². The average Bonchev–Trinajstić information content (AvgIpc) is 2.31. The molecule has 0 saturated carbocycles. The van der Waals surface area contributed by atoms with Gasteiger partial charge in [0.25, 0.3) is 0 Å². The Balaban J connectivity index is 0.00000169. The Hall–Kier alpha value is -0.590. The number of aromatic nitrogens is 2. The van der Waals surface area contributed by atoms with Gasteiger partial charge in [-0.15, -0.1) is 12.4 Å². The van der Waals surface area contributed by atoms with Gasteiger partial charge in [0.15, 0.2) is 5.82 Å². The molecule has 0 aliphatic heterocycles. The predicted octanol–water partition coefficient (Wildman–Crippen LogP) is 0.890. The van der Waals surface area contributed by atoms with Crippen LogP contribution < -0.4 is 11.1 Å². The molecule has 80 valence electrons. The van der Waals surface area contributed by atoms with Crippen molar-refractivity contribution in [1.29, 1.82) is 0 Å². The minimum Gasteiger partial charge on any atom is -0.320 e. The van der Waals surface area contributed by atoms with Crippen LogP contribution in [0.5, 0.6) is 0 Å². The Morgan fingerprint density at radius 2 is 2.36 bits per heavy atom. The van der Waals surface area contributed by atoms with Gasteiger partial charge in [-0.25, -0.2) is 0 Å². The van der Waals surface area contributed by atoms with E-state index in [9.17, 15) is 4.79 Å². The summed E-state index contributed by atoms with van der Waals surface area (Å²) in [6, 6.07) is 1.18. The summed E-state index contributed by atoms with van der Waals surface area (Å²) in [5.74, 6) is 0.252. The number of nitrogens with one attached hydrogen (secondary N) is 1. The van der Waals surface area contributed by atoms with Crippen molar-refractivity contribution in [3.63, 3.8) is 0 Å². The molecule has 1 heterocycles. The van der Waals surface area contributed by atoms with Crippen molar-refractivity contribution in [2.24, 2.45) is 12.8 Å². The molecule has 0 bridgehead atoms. The summed E-state index contributed by atoms with van der Waals surface area (Å²) < 4.78 is 2.41. The molecule has 1 aromatic rings. The molecule has 1 rings (SSSR count). The van der Waals surface area contributed by atoms with Gasteiger partial charge in [-0.05, 0) is 22.9 Å². The molecule has 1 amide bonds. The van der Waals surface area contributed by atoms with E-state index in [0.29, 0.717) is 5.82 Å². The van der Waals surface area contributed by atoms with Gasteiger partial charge >= 0.3 is 0 Å². The summed E-state index contributed by atoms with van der Waals surface area (Å²) in [6.45, 7) is 1.62. The van der Waals surface area contributed by atoms with E-state index >= 15 is 0 Å². The van der Waals surface area contributed by atoms with Crippen molar-refractivity contribution < 1.29 is 4.79 Å². The fraction of sp³-hybridized carbons (Fsp3) is 0.429. The Morgan fingerprint density at radius 3 is 2.71 bits per heavy atom. The lowest BCUT2D eigenvalue weighted by atomic mass is 10.3. The highest BCUT2D eigenvalue weighted by Crippen LogP contribution is 2.13. The summed E-state index contributed by atoms with van der Waals surface area (Å²) in [4.78, 5) is 11.1. The summed E-state index contributed by atoms with van der Waals surface area (Å²) >= 11 is 3.26. The predicted molar refractivity (Wildman–Crippen MR) is 60.4 cm³/mol. The van der Waals surface area contributed by atoms with Crippen molar-refractivity contribution in [2.75, 3.05) is 5.32 Å². The van der Waals surface area contributed by atoms with Crippen LogP contribution in [0.15, 0.2) is 10.7 Å². The van der Waals surface area contributed by atoms with E-state index in [1.54, 1.807) is 24.7 Å². The second-order valence-electron chi connectivity index (χ2n) is 2.75. The van der Waals surface area contributed by atoms with Crippen LogP contribution in [0.25, 0.3) is 0 Å². The van der Waals surface area contributed by atoms with Gasteiger partial charge < -0.3 is 11.1 Å². The molecule has 14 heavy (non-hydrogen) atoms. The van der Waals surface area contributed by atoms with E-state index in [1.807, 2.05) is 0 Å². The van der Waals surface area contributed by atoms with Crippen LogP contribution in [0.3, 0.4) is 0 Å². The zero-order valence-corrected chi connectivity index (χ0v) is 10.2. The molecule has 0 spiro atoms. The monoisotopic (exact) mass is 282 g/mol. The zero-order chi connectivity index (χ0) is 10.0. The molecule has 7 heteroatoms. The van der Waals surface area contributed by atoms with Crippen LogP contribution in [0.1, 0.15) is 6.92 Å². The van der Waals surface area contributed by atoms with Crippen molar-refractivity contribution in [3.8, 4) is 0 Å². The van der Waals surface area contributed by atoms with Gasteiger partial charge in [-0.2, -0.15) is 5.10 Å². The van der Waals surface area contributed by atoms with Crippen LogP contribution in [0, 0.1) is 0 Å². The Kier molecular flexibility index (Phi) is 5.11. The molecule has 0 fully saturated rings. The molecule has 3 N–H and O–H groups in total. The number of aryl methyl sites for hydroxylation is 1. The quantitative estimate of drug-likeness (QED) is 0.846. The van der Waals surface area contributed by atoms with Crippen molar-refractivity contribution in [2.45, 2.75) is 13.0 Å². The SMILES string of the molecule is CC(N)C(=O)Nc1cc(Br)n(C)n1.Cl. The summed E-state index contributed by atoms with van der Waals surface area (Å²) in [7, 11) is 1.77. The maximum atomic E-state index is 11.1. The first-order valence-corrected chi connectivity index (χ1v) is 4.56. The molecule has 0 aliphatic rings. The number of carbonyl (C=O) groups excluding carboxylic acids is 1. The first-order valence-electron chi connectivity index (χ1n) is 3.76. The highest BCUT2D eigenvalue weighted by atomic mass is 79.9. The summed E-state index contributed by atoms with van der Waals surface area (Å²) in [6.07, 6.45) is 0. The van der Waals surface area contributed by atoms with E-state index < -0.39 is 6.04 Å². The molecule has 1 atom stereocenters. The molecular weight excluding hydrogens is 271 g/mol. The van der Waals surface area contributed by atoms with Crippen LogP contribution in [0.4, 0.5) is 5.82 Å². The number of halogens is 2. The molecule has 0 aliphatic carbocycles. The van der Waals surface area contributed by atoms with E-state index in [1.165, 1.54) is 0 Å². The van der Waals surface area contributed by atoms with Crippen molar-refractivity contribution in [1.82, 2.24) is 9.78 Å². The van der Waals surface area contributed by atoms with Gasteiger partial charge in [0.1, 0.15) is 4.60 Å². The van der Waals surface area contributed by atoms with E-state index in [0.717, 1.165) is 4.60 Å². The standard InChI is InChI=1S/C7H11BrN4O.ClH/c1-4(9)7(13)10-6-3-5(8)12(2)11-6;/h3-4H,9H2,1-2H3,(H,10,11,13);1H. The maximum absolute atomic E-state index is 11.1. The van der Waals surface area contributed by atoms with Crippen LogP contribution in [0.2, 0.25) is 0 Å². The number of carbonyl (C=O) groups is 1. The lowest BCUT2D eigenvalue weighted by Gasteiger charge is -2.03. The normalized spacial score (nSPS) is 11.7. The molecular formula is C7H12BrClN4O. The minimum absolute atomic E-state index is 0. The third kappa shape index (κ3) is 3.28. The van der Waals surface area contributed by atoms with E-state index in [-0.39, 0.29) is 18.3 Å². The van der Waals surface area contributed by atoms with Gasteiger partial charge in [0.05, 0.1) is 6.04 Å². The molecule has 1 aromatic heterocycles. The number of nitrogens with two attached hydrogens (primary N) is 1. The van der Waals surface area contributed by atoms with Crippen LogP contribution in [-0.4, -0.2) is 21.7 Å². The van der Waals surface area contributed by atoms with Gasteiger partial charge in [0, 0.05) is 13.1 Å². The second kappa shape index (κ2) is 5.33. The average molecular weight is 284 g/mol. The second-order valence-corrected chi connectivity index (χ2v) is 3.57.